The molecule has 5 nitrogen and oxygen atoms in total. The van der Waals surface area contributed by atoms with Crippen molar-refractivity contribution in [1.82, 2.24) is 14.8 Å². The molecule has 1 fully saturated rings. The molecular weight excluding hydrogens is 314 g/mol. The number of aliphatic hydroxyl groups excluding tert-OH is 1. The lowest BCUT2D eigenvalue weighted by Gasteiger charge is -2.27. The van der Waals surface area contributed by atoms with E-state index >= 15 is 0 Å². The van der Waals surface area contributed by atoms with Crippen LogP contribution in [0, 0.1) is 11.6 Å². The van der Waals surface area contributed by atoms with E-state index in [0.29, 0.717) is 18.5 Å². The molecule has 1 aliphatic heterocycles. The summed E-state index contributed by atoms with van der Waals surface area (Å²) in [6.45, 7) is 0.414. The maximum absolute atomic E-state index is 13.6. The maximum atomic E-state index is 13.6. The summed E-state index contributed by atoms with van der Waals surface area (Å²) in [5, 5.41) is 15.2. The minimum atomic E-state index is -0.880. The molecule has 24 heavy (non-hydrogen) atoms. The predicted octanol–water partition coefficient (Wildman–Crippen LogP) is 2.56. The molecule has 4 rings (SSSR count). The Kier molecular flexibility index (Phi) is 3.45. The number of benzene rings is 1. The van der Waals surface area contributed by atoms with Crippen LogP contribution in [0.15, 0.2) is 36.7 Å². The molecule has 0 spiro atoms. The molecule has 2 atom stereocenters. The second-order valence-corrected chi connectivity index (χ2v) is 6.07. The molecule has 1 aromatic carbocycles. The van der Waals surface area contributed by atoms with Gasteiger partial charge in [-0.25, -0.2) is 13.8 Å². The molecule has 0 amide bonds. The molecule has 0 aliphatic carbocycles. The fourth-order valence-electron chi connectivity index (χ4n) is 3.40. The molecule has 0 bridgehead atoms. The van der Waals surface area contributed by atoms with Crippen molar-refractivity contribution in [3.05, 3.63) is 53.9 Å². The van der Waals surface area contributed by atoms with Crippen LogP contribution in [0.1, 0.15) is 18.0 Å². The van der Waals surface area contributed by atoms with Gasteiger partial charge in [0.1, 0.15) is 0 Å². The number of aliphatic hydroxyl groups is 1. The van der Waals surface area contributed by atoms with Gasteiger partial charge < -0.3 is 10.0 Å². The quantitative estimate of drug-likeness (QED) is 0.785. The Morgan fingerprint density at radius 2 is 2.04 bits per heavy atom. The maximum Gasteiger partial charge on any atom is 0.159 e. The first-order valence-corrected chi connectivity index (χ1v) is 7.71. The first kappa shape index (κ1) is 15.0. The second-order valence-electron chi connectivity index (χ2n) is 6.07. The fourth-order valence-corrected chi connectivity index (χ4v) is 3.40. The van der Waals surface area contributed by atoms with Crippen LogP contribution < -0.4 is 4.90 Å². The van der Waals surface area contributed by atoms with Crippen LogP contribution in [0.25, 0.3) is 11.0 Å². The zero-order chi connectivity index (χ0) is 16.8. The van der Waals surface area contributed by atoms with Gasteiger partial charge in [-0.15, -0.1) is 0 Å². The molecule has 1 N–H and O–H groups in total. The lowest BCUT2D eigenvalue weighted by Crippen LogP contribution is -2.24. The SMILES string of the molecule is Cn1ncc2c(N3C[C@H](O)C[C@H]3c3ccc(F)c(F)c3)ccnc21. The monoisotopic (exact) mass is 330 g/mol. The standard InChI is InChI=1S/C17H16F2N4O/c1-22-17-12(8-21-22)15(4-5-20-17)23-9-11(24)7-16(23)10-2-3-13(18)14(19)6-10/h2-6,8,11,16,24H,7,9H2,1H3/t11-,16+/m1/s1. The average Bonchev–Trinajstić information content (AvgIpc) is 3.14. The molecule has 124 valence electrons. The van der Waals surface area contributed by atoms with Gasteiger partial charge in [0.15, 0.2) is 17.3 Å². The van der Waals surface area contributed by atoms with Gasteiger partial charge in [0.05, 0.1) is 29.4 Å². The van der Waals surface area contributed by atoms with Gasteiger partial charge in [0.2, 0.25) is 0 Å². The third-order valence-corrected chi connectivity index (χ3v) is 4.53. The molecule has 7 heteroatoms. The normalized spacial score (nSPS) is 20.9. The van der Waals surface area contributed by atoms with Gasteiger partial charge in [-0.3, -0.25) is 4.68 Å². The van der Waals surface area contributed by atoms with Crippen molar-refractivity contribution in [2.75, 3.05) is 11.4 Å². The first-order valence-electron chi connectivity index (χ1n) is 7.71. The number of rotatable bonds is 2. The molecule has 3 heterocycles. The van der Waals surface area contributed by atoms with E-state index in [-0.39, 0.29) is 6.04 Å². The third kappa shape index (κ3) is 2.32. The largest absolute Gasteiger partial charge is 0.391 e. The smallest absolute Gasteiger partial charge is 0.159 e. The number of aryl methyl sites for hydroxylation is 1. The summed E-state index contributed by atoms with van der Waals surface area (Å²) in [5.41, 5.74) is 2.25. The summed E-state index contributed by atoms with van der Waals surface area (Å²) >= 11 is 0. The van der Waals surface area contributed by atoms with E-state index in [1.165, 1.54) is 6.07 Å². The molecule has 0 saturated carbocycles. The number of hydrogen-bond donors (Lipinski definition) is 1. The number of pyridine rings is 1. The van der Waals surface area contributed by atoms with Crippen LogP contribution in [0.2, 0.25) is 0 Å². The Labute approximate surface area is 137 Å². The van der Waals surface area contributed by atoms with Crippen LogP contribution in [0.4, 0.5) is 14.5 Å². The molecule has 2 aromatic heterocycles. The van der Waals surface area contributed by atoms with Crippen molar-refractivity contribution in [1.29, 1.82) is 0 Å². The van der Waals surface area contributed by atoms with Gasteiger partial charge in [0.25, 0.3) is 0 Å². The zero-order valence-electron chi connectivity index (χ0n) is 13.0. The minimum Gasteiger partial charge on any atom is -0.391 e. The lowest BCUT2D eigenvalue weighted by atomic mass is 10.0. The number of β-amino-alcohol motifs (C(OH)–C–C–N with tert-alkyl or cyclic N) is 1. The number of anilines is 1. The summed E-state index contributed by atoms with van der Waals surface area (Å²) in [6, 6.07) is 5.51. The highest BCUT2D eigenvalue weighted by Crippen LogP contribution is 2.39. The topological polar surface area (TPSA) is 54.2 Å². The van der Waals surface area contributed by atoms with Crippen LogP contribution in [-0.4, -0.2) is 32.5 Å². The average molecular weight is 330 g/mol. The summed E-state index contributed by atoms with van der Waals surface area (Å²) in [7, 11) is 1.81. The molecular formula is C17H16F2N4O. The number of halogens is 2. The Balaban J connectivity index is 1.81. The van der Waals surface area contributed by atoms with Gasteiger partial charge >= 0.3 is 0 Å². The fraction of sp³-hybridized carbons (Fsp3) is 0.294. The van der Waals surface area contributed by atoms with Crippen molar-refractivity contribution < 1.29 is 13.9 Å². The summed E-state index contributed by atoms with van der Waals surface area (Å²) in [4.78, 5) is 6.32. The van der Waals surface area contributed by atoms with Crippen LogP contribution in [0.3, 0.4) is 0 Å². The Hall–Kier alpha value is -2.54. The third-order valence-electron chi connectivity index (χ3n) is 4.53. The van der Waals surface area contributed by atoms with E-state index in [1.54, 1.807) is 23.1 Å². The van der Waals surface area contributed by atoms with E-state index in [2.05, 4.69) is 10.1 Å². The predicted molar refractivity (Wildman–Crippen MR) is 85.6 cm³/mol. The molecule has 1 saturated heterocycles. The number of aromatic nitrogens is 3. The van der Waals surface area contributed by atoms with E-state index < -0.39 is 17.7 Å². The molecule has 0 unspecified atom stereocenters. The molecule has 0 radical (unpaired) electrons. The van der Waals surface area contributed by atoms with Crippen molar-refractivity contribution in [2.45, 2.75) is 18.6 Å². The molecule has 3 aromatic rings. The van der Waals surface area contributed by atoms with E-state index in [4.69, 9.17) is 0 Å². The Bertz CT molecular complexity index is 911. The van der Waals surface area contributed by atoms with E-state index in [1.807, 2.05) is 18.0 Å². The number of nitrogens with zero attached hydrogens (tertiary/aromatic N) is 4. The number of fused-ring (bicyclic) bond motifs is 1. The van der Waals surface area contributed by atoms with Crippen molar-refractivity contribution in [2.24, 2.45) is 7.05 Å². The highest BCUT2D eigenvalue weighted by Gasteiger charge is 2.33. The van der Waals surface area contributed by atoms with Crippen molar-refractivity contribution >= 4 is 16.7 Å². The van der Waals surface area contributed by atoms with Crippen LogP contribution in [0.5, 0.6) is 0 Å². The Morgan fingerprint density at radius 1 is 1.21 bits per heavy atom. The van der Waals surface area contributed by atoms with Crippen molar-refractivity contribution in [3.8, 4) is 0 Å². The number of hydrogen-bond acceptors (Lipinski definition) is 4. The van der Waals surface area contributed by atoms with Crippen LogP contribution in [-0.2, 0) is 7.05 Å². The van der Waals surface area contributed by atoms with Crippen LogP contribution >= 0.6 is 0 Å². The summed E-state index contributed by atoms with van der Waals surface area (Å²) < 4.78 is 28.6. The Morgan fingerprint density at radius 3 is 2.83 bits per heavy atom. The van der Waals surface area contributed by atoms with E-state index in [9.17, 15) is 13.9 Å². The summed E-state index contributed by atoms with van der Waals surface area (Å²) in [6.07, 6.45) is 3.33. The van der Waals surface area contributed by atoms with E-state index in [0.717, 1.165) is 22.8 Å². The highest BCUT2D eigenvalue weighted by molar-refractivity contribution is 5.89. The first-order chi connectivity index (χ1) is 11.5. The molecule has 1 aliphatic rings. The summed E-state index contributed by atoms with van der Waals surface area (Å²) in [5.74, 6) is -1.75. The minimum absolute atomic E-state index is 0.235. The van der Waals surface area contributed by atoms with Gasteiger partial charge in [-0.2, -0.15) is 5.10 Å². The highest BCUT2D eigenvalue weighted by atomic mass is 19.2. The van der Waals surface area contributed by atoms with Crippen molar-refractivity contribution in [3.63, 3.8) is 0 Å². The second kappa shape index (κ2) is 5.52. The van der Waals surface area contributed by atoms with Gasteiger partial charge in [-0.05, 0) is 30.2 Å². The van der Waals surface area contributed by atoms with Gasteiger partial charge in [-0.1, -0.05) is 6.07 Å². The van der Waals surface area contributed by atoms with Gasteiger partial charge in [0, 0.05) is 19.8 Å². The lowest BCUT2D eigenvalue weighted by molar-refractivity contribution is 0.194. The zero-order valence-corrected chi connectivity index (χ0v) is 13.0.